The van der Waals surface area contributed by atoms with Gasteiger partial charge in [-0.2, -0.15) is 0 Å². The smallest absolute Gasteiger partial charge is 0.248 e. The van der Waals surface area contributed by atoms with Crippen molar-refractivity contribution in [3.63, 3.8) is 0 Å². The van der Waals surface area contributed by atoms with Crippen molar-refractivity contribution in [2.24, 2.45) is 5.73 Å². The number of ether oxygens (including phenoxy) is 3. The molecule has 0 saturated carbocycles. The molecular formula is C18H20N2O5. The van der Waals surface area contributed by atoms with Gasteiger partial charge in [0.2, 0.25) is 11.8 Å². The first-order valence-electron chi connectivity index (χ1n) is 7.58. The predicted molar refractivity (Wildman–Crippen MR) is 93.2 cm³/mol. The molecule has 2 rings (SSSR count). The van der Waals surface area contributed by atoms with Gasteiger partial charge < -0.3 is 25.3 Å². The van der Waals surface area contributed by atoms with E-state index in [2.05, 4.69) is 5.32 Å². The third kappa shape index (κ3) is 5.13. The van der Waals surface area contributed by atoms with Gasteiger partial charge in [0.25, 0.3) is 0 Å². The van der Waals surface area contributed by atoms with Crippen molar-refractivity contribution in [3.05, 3.63) is 48.0 Å². The topological polar surface area (TPSA) is 99.9 Å². The van der Waals surface area contributed by atoms with Crippen LogP contribution in [0.3, 0.4) is 0 Å². The quantitative estimate of drug-likeness (QED) is 0.765. The molecule has 3 N–H and O–H groups in total. The van der Waals surface area contributed by atoms with E-state index in [4.69, 9.17) is 19.9 Å². The summed E-state index contributed by atoms with van der Waals surface area (Å²) in [5.74, 6) is 0.850. The van der Waals surface area contributed by atoms with Crippen LogP contribution < -0.4 is 25.3 Å². The van der Waals surface area contributed by atoms with E-state index in [9.17, 15) is 9.59 Å². The Morgan fingerprint density at radius 2 is 1.80 bits per heavy atom. The number of hydrogen-bond donors (Lipinski definition) is 2. The van der Waals surface area contributed by atoms with Crippen LogP contribution in [-0.4, -0.2) is 32.6 Å². The Hall–Kier alpha value is -3.22. The molecule has 0 aliphatic rings. The van der Waals surface area contributed by atoms with Crippen LogP contribution in [0.4, 0.5) is 5.69 Å². The highest BCUT2D eigenvalue weighted by Gasteiger charge is 2.08. The first kappa shape index (κ1) is 18.1. The summed E-state index contributed by atoms with van der Waals surface area (Å²) in [6, 6.07) is 11.6. The number of amides is 2. The number of benzene rings is 2. The molecule has 7 heteroatoms. The van der Waals surface area contributed by atoms with Gasteiger partial charge in [-0.25, -0.2) is 0 Å². The van der Waals surface area contributed by atoms with Crippen LogP contribution in [0.2, 0.25) is 0 Å². The van der Waals surface area contributed by atoms with Crippen LogP contribution >= 0.6 is 0 Å². The lowest BCUT2D eigenvalue weighted by Crippen LogP contribution is -2.15. The van der Waals surface area contributed by atoms with Gasteiger partial charge in [0.1, 0.15) is 5.75 Å². The van der Waals surface area contributed by atoms with Crippen LogP contribution in [0.15, 0.2) is 42.5 Å². The van der Waals surface area contributed by atoms with Crippen LogP contribution in [-0.2, 0) is 4.79 Å². The van der Waals surface area contributed by atoms with E-state index in [0.29, 0.717) is 28.5 Å². The van der Waals surface area contributed by atoms with Gasteiger partial charge in [0.05, 0.1) is 27.2 Å². The lowest BCUT2D eigenvalue weighted by atomic mass is 10.2. The third-order valence-corrected chi connectivity index (χ3v) is 3.38. The van der Waals surface area contributed by atoms with Crippen LogP contribution in [0.5, 0.6) is 17.2 Å². The average molecular weight is 344 g/mol. The molecule has 0 bridgehead atoms. The van der Waals surface area contributed by atoms with Crippen molar-refractivity contribution >= 4 is 17.5 Å². The molecule has 0 spiro atoms. The largest absolute Gasteiger partial charge is 0.493 e. The molecule has 0 saturated heterocycles. The van der Waals surface area contributed by atoms with Gasteiger partial charge in [0, 0.05) is 17.3 Å². The zero-order chi connectivity index (χ0) is 18.2. The molecule has 0 aromatic heterocycles. The zero-order valence-electron chi connectivity index (χ0n) is 14.1. The fraction of sp³-hybridized carbons (Fsp3) is 0.222. The van der Waals surface area contributed by atoms with Crippen molar-refractivity contribution in [2.75, 3.05) is 26.1 Å². The summed E-state index contributed by atoms with van der Waals surface area (Å²) < 4.78 is 15.8. The van der Waals surface area contributed by atoms with Gasteiger partial charge in [-0.15, -0.1) is 0 Å². The van der Waals surface area contributed by atoms with Gasteiger partial charge in [-0.05, 0) is 30.3 Å². The van der Waals surface area contributed by atoms with E-state index in [0.717, 1.165) is 0 Å². The summed E-state index contributed by atoms with van der Waals surface area (Å²) in [6.07, 6.45) is 0.148. The van der Waals surface area contributed by atoms with Gasteiger partial charge in [-0.3, -0.25) is 9.59 Å². The number of nitrogens with one attached hydrogen (secondary N) is 1. The van der Waals surface area contributed by atoms with Crippen LogP contribution in [0.1, 0.15) is 16.8 Å². The number of carbonyl (C=O) groups is 2. The Bertz CT molecular complexity index is 761. The van der Waals surface area contributed by atoms with Crippen LogP contribution in [0, 0.1) is 0 Å². The van der Waals surface area contributed by atoms with Gasteiger partial charge >= 0.3 is 0 Å². The number of rotatable bonds is 8. The molecule has 0 radical (unpaired) electrons. The van der Waals surface area contributed by atoms with Crippen molar-refractivity contribution in [3.8, 4) is 17.2 Å². The Kier molecular flexibility index (Phi) is 6.22. The van der Waals surface area contributed by atoms with E-state index >= 15 is 0 Å². The van der Waals surface area contributed by atoms with E-state index in [1.165, 1.54) is 13.2 Å². The second-order valence-corrected chi connectivity index (χ2v) is 5.11. The lowest BCUT2D eigenvalue weighted by Gasteiger charge is -2.11. The first-order valence-corrected chi connectivity index (χ1v) is 7.58. The molecule has 0 unspecified atom stereocenters. The van der Waals surface area contributed by atoms with E-state index in [1.54, 1.807) is 43.5 Å². The maximum Gasteiger partial charge on any atom is 0.248 e. The number of carbonyl (C=O) groups excluding carboxylic acids is 2. The number of nitrogens with two attached hydrogens (primary N) is 1. The molecule has 0 fully saturated rings. The monoisotopic (exact) mass is 344 g/mol. The number of anilines is 1. The molecule has 7 nitrogen and oxygen atoms in total. The second-order valence-electron chi connectivity index (χ2n) is 5.11. The molecule has 2 aromatic rings. The highest BCUT2D eigenvalue weighted by Crippen LogP contribution is 2.29. The molecule has 0 atom stereocenters. The van der Waals surface area contributed by atoms with Crippen molar-refractivity contribution in [1.29, 1.82) is 0 Å². The number of primary amides is 1. The fourth-order valence-corrected chi connectivity index (χ4v) is 2.14. The van der Waals surface area contributed by atoms with Gasteiger partial charge in [0.15, 0.2) is 11.5 Å². The molecule has 2 aromatic carbocycles. The Balaban J connectivity index is 1.87. The molecule has 0 aliphatic heterocycles. The van der Waals surface area contributed by atoms with Gasteiger partial charge in [-0.1, -0.05) is 6.07 Å². The van der Waals surface area contributed by atoms with Crippen molar-refractivity contribution in [1.82, 2.24) is 0 Å². The molecule has 0 aliphatic carbocycles. The van der Waals surface area contributed by atoms with Crippen molar-refractivity contribution in [2.45, 2.75) is 6.42 Å². The number of methoxy groups -OCH3 is 2. The molecule has 2 amide bonds. The Labute approximate surface area is 145 Å². The minimum absolute atomic E-state index is 0.148. The Morgan fingerprint density at radius 3 is 2.48 bits per heavy atom. The predicted octanol–water partition coefficient (Wildman–Crippen LogP) is 2.21. The Morgan fingerprint density at radius 1 is 1.04 bits per heavy atom. The van der Waals surface area contributed by atoms with E-state index in [-0.39, 0.29) is 18.9 Å². The molecule has 25 heavy (non-hydrogen) atoms. The summed E-state index contributed by atoms with van der Waals surface area (Å²) in [7, 11) is 3.07. The third-order valence-electron chi connectivity index (χ3n) is 3.38. The molecule has 132 valence electrons. The minimum atomic E-state index is -0.531. The maximum absolute atomic E-state index is 12.0. The SMILES string of the molecule is COc1ccc(NC(=O)CCOc2cccc(C(N)=O)c2)cc1OC. The summed E-state index contributed by atoms with van der Waals surface area (Å²) in [5, 5.41) is 2.76. The normalized spacial score (nSPS) is 10.0. The average Bonchev–Trinajstić information content (AvgIpc) is 2.61. The summed E-state index contributed by atoms with van der Waals surface area (Å²) in [4.78, 5) is 23.1. The highest BCUT2D eigenvalue weighted by atomic mass is 16.5. The standard InChI is InChI=1S/C18H20N2O5/c1-23-15-7-6-13(11-16(15)24-2)20-17(21)8-9-25-14-5-3-4-12(10-14)18(19)22/h3-7,10-11H,8-9H2,1-2H3,(H2,19,22)(H,20,21). The highest BCUT2D eigenvalue weighted by molar-refractivity contribution is 5.93. The summed E-state index contributed by atoms with van der Waals surface area (Å²) >= 11 is 0. The fourth-order valence-electron chi connectivity index (χ4n) is 2.14. The number of hydrogen-bond acceptors (Lipinski definition) is 5. The second kappa shape index (κ2) is 8.58. The van der Waals surface area contributed by atoms with E-state index in [1.807, 2.05) is 0 Å². The van der Waals surface area contributed by atoms with Crippen molar-refractivity contribution < 1.29 is 23.8 Å². The summed E-state index contributed by atoms with van der Waals surface area (Å²) in [5.41, 5.74) is 6.16. The molecular weight excluding hydrogens is 324 g/mol. The zero-order valence-corrected chi connectivity index (χ0v) is 14.1. The first-order chi connectivity index (χ1) is 12.0. The minimum Gasteiger partial charge on any atom is -0.493 e. The lowest BCUT2D eigenvalue weighted by molar-refractivity contribution is -0.116. The van der Waals surface area contributed by atoms with E-state index < -0.39 is 5.91 Å². The molecule has 0 heterocycles. The maximum atomic E-state index is 12.0. The summed E-state index contributed by atoms with van der Waals surface area (Å²) in [6.45, 7) is 0.168. The van der Waals surface area contributed by atoms with Crippen LogP contribution in [0.25, 0.3) is 0 Å².